The molecule has 1 unspecified atom stereocenters. The highest BCUT2D eigenvalue weighted by Gasteiger charge is 2.40. The lowest BCUT2D eigenvalue weighted by Gasteiger charge is -2.38. The van der Waals surface area contributed by atoms with Gasteiger partial charge >= 0.3 is 5.97 Å². The molecule has 4 nitrogen and oxygen atoms in total. The van der Waals surface area contributed by atoms with Crippen molar-refractivity contribution in [1.29, 1.82) is 0 Å². The number of hydrogen-bond donors (Lipinski definition) is 1. The minimum absolute atomic E-state index is 0.0330. The molecule has 1 aromatic heterocycles. The normalized spacial score (nSPS) is 30.4. The summed E-state index contributed by atoms with van der Waals surface area (Å²) in [5, 5.41) is 1.24. The molecule has 1 aliphatic heterocycles. The number of hydrogen-bond acceptors (Lipinski definition) is 3. The van der Waals surface area contributed by atoms with Crippen LogP contribution in [0.5, 0.6) is 0 Å². The molecule has 0 spiro atoms. The van der Waals surface area contributed by atoms with Gasteiger partial charge in [-0.1, -0.05) is 45.4 Å². The second-order valence-electron chi connectivity index (χ2n) is 9.38. The fourth-order valence-electron chi connectivity index (χ4n) is 5.24. The zero-order valence-electron chi connectivity index (χ0n) is 17.6. The summed E-state index contributed by atoms with van der Waals surface area (Å²) < 4.78 is 12.2. The van der Waals surface area contributed by atoms with Gasteiger partial charge in [0.2, 0.25) is 0 Å². The number of aromatic amines is 1. The average molecular weight is 384 g/mol. The van der Waals surface area contributed by atoms with Crippen LogP contribution < -0.4 is 0 Å². The smallest absolute Gasteiger partial charge is 0.309 e. The summed E-state index contributed by atoms with van der Waals surface area (Å²) in [4.78, 5) is 16.5. The van der Waals surface area contributed by atoms with Crippen LogP contribution >= 0.6 is 0 Å². The van der Waals surface area contributed by atoms with Crippen LogP contribution in [0.2, 0.25) is 0 Å². The summed E-state index contributed by atoms with van der Waals surface area (Å²) in [5.74, 6) is 1.48. The number of fused-ring (bicyclic) bond motifs is 3. The van der Waals surface area contributed by atoms with E-state index in [9.17, 15) is 4.79 Å². The van der Waals surface area contributed by atoms with Gasteiger partial charge in [-0.05, 0) is 55.6 Å². The summed E-state index contributed by atoms with van der Waals surface area (Å²) in [6.45, 7) is 9.39. The number of rotatable bonds is 4. The quantitative estimate of drug-likeness (QED) is 0.724. The van der Waals surface area contributed by atoms with E-state index in [4.69, 9.17) is 9.47 Å². The Morgan fingerprint density at radius 3 is 2.89 bits per heavy atom. The molecule has 0 amide bonds. The molecule has 152 valence electrons. The monoisotopic (exact) mass is 383 g/mol. The number of H-pyrrole nitrogens is 1. The van der Waals surface area contributed by atoms with Crippen molar-refractivity contribution in [1.82, 2.24) is 4.98 Å². The Kier molecular flexibility index (Phi) is 5.26. The Balaban J connectivity index is 1.53. The van der Waals surface area contributed by atoms with Crippen LogP contribution in [-0.2, 0) is 26.3 Å². The summed E-state index contributed by atoms with van der Waals surface area (Å²) in [6.07, 6.45) is 4.52. The lowest BCUT2D eigenvalue weighted by Crippen LogP contribution is -2.39. The maximum atomic E-state index is 13.0. The van der Waals surface area contributed by atoms with E-state index in [1.165, 1.54) is 17.4 Å². The molecule has 1 N–H and O–H groups in total. The van der Waals surface area contributed by atoms with Gasteiger partial charge in [0.15, 0.2) is 0 Å². The standard InChI is InChI=1S/C24H33NO3/c1-15(2)17-10-9-16(3)13-21(17)28-22(26)14-24(4)23-19(11-12-27-24)18-7-5-6-8-20(18)25-23/h5-8,15-17,21,25H,9-14H2,1-4H3/t16-,17+,21-,24?/m1/s1. The zero-order valence-corrected chi connectivity index (χ0v) is 17.6. The molecule has 4 atom stereocenters. The Morgan fingerprint density at radius 1 is 1.32 bits per heavy atom. The molecule has 2 aliphatic rings. The topological polar surface area (TPSA) is 51.3 Å². The van der Waals surface area contributed by atoms with Crippen molar-refractivity contribution in [3.8, 4) is 0 Å². The highest BCUT2D eigenvalue weighted by Crippen LogP contribution is 2.40. The number of carbonyl (C=O) groups is 1. The zero-order chi connectivity index (χ0) is 19.9. The third-order valence-electron chi connectivity index (χ3n) is 6.84. The van der Waals surface area contributed by atoms with Crippen molar-refractivity contribution in [2.75, 3.05) is 6.61 Å². The van der Waals surface area contributed by atoms with Gasteiger partial charge < -0.3 is 14.5 Å². The Bertz CT molecular complexity index is 855. The fourth-order valence-corrected chi connectivity index (χ4v) is 5.24. The van der Waals surface area contributed by atoms with Crippen molar-refractivity contribution in [2.45, 2.75) is 71.5 Å². The van der Waals surface area contributed by atoms with E-state index in [2.05, 4.69) is 44.0 Å². The molecule has 0 radical (unpaired) electrons. The van der Waals surface area contributed by atoms with Crippen LogP contribution in [0.1, 0.15) is 64.6 Å². The molecule has 4 rings (SSSR count). The van der Waals surface area contributed by atoms with Crippen LogP contribution in [0.3, 0.4) is 0 Å². The van der Waals surface area contributed by atoms with Gasteiger partial charge in [0.25, 0.3) is 0 Å². The van der Waals surface area contributed by atoms with Gasteiger partial charge in [-0.25, -0.2) is 0 Å². The Labute approximate surface area is 168 Å². The summed E-state index contributed by atoms with van der Waals surface area (Å²) in [6, 6.07) is 8.33. The van der Waals surface area contributed by atoms with E-state index >= 15 is 0 Å². The Hall–Kier alpha value is -1.81. The van der Waals surface area contributed by atoms with Crippen molar-refractivity contribution < 1.29 is 14.3 Å². The van der Waals surface area contributed by atoms with Gasteiger partial charge in [0.1, 0.15) is 11.7 Å². The largest absolute Gasteiger partial charge is 0.462 e. The van der Waals surface area contributed by atoms with Crippen LogP contribution in [0.4, 0.5) is 0 Å². The molecule has 1 aliphatic carbocycles. The predicted octanol–water partition coefficient (Wildman–Crippen LogP) is 5.35. The molecule has 2 heterocycles. The molecular weight excluding hydrogens is 350 g/mol. The number of para-hydroxylation sites is 1. The molecule has 0 bridgehead atoms. The summed E-state index contributed by atoms with van der Waals surface area (Å²) in [7, 11) is 0. The average Bonchev–Trinajstić information content (AvgIpc) is 3.02. The van der Waals surface area contributed by atoms with E-state index in [1.54, 1.807) is 0 Å². The van der Waals surface area contributed by atoms with Gasteiger partial charge in [-0.15, -0.1) is 0 Å². The third kappa shape index (κ3) is 3.59. The molecular formula is C24H33NO3. The molecule has 2 aromatic rings. The Morgan fingerprint density at radius 2 is 2.11 bits per heavy atom. The number of ether oxygens (including phenoxy) is 2. The first-order valence-electron chi connectivity index (χ1n) is 10.8. The second-order valence-corrected chi connectivity index (χ2v) is 9.38. The molecule has 1 aromatic carbocycles. The number of carbonyl (C=O) groups excluding carboxylic acids is 1. The maximum absolute atomic E-state index is 13.0. The fraction of sp³-hybridized carbons (Fsp3) is 0.625. The van der Waals surface area contributed by atoms with Gasteiger partial charge in [0, 0.05) is 10.9 Å². The van der Waals surface area contributed by atoms with E-state index in [-0.39, 0.29) is 18.5 Å². The SMILES string of the molecule is CC(C)[C@@H]1CC[C@@H](C)C[C@H]1OC(=O)CC1(C)OCCc2c1[nH]c1ccccc21. The first-order valence-corrected chi connectivity index (χ1v) is 10.8. The minimum Gasteiger partial charge on any atom is -0.462 e. The molecule has 1 saturated carbocycles. The van der Waals surface area contributed by atoms with Crippen molar-refractivity contribution in [2.24, 2.45) is 17.8 Å². The molecule has 28 heavy (non-hydrogen) atoms. The molecule has 0 saturated heterocycles. The number of esters is 1. The van der Waals surface area contributed by atoms with Crippen LogP contribution in [0.15, 0.2) is 24.3 Å². The number of benzene rings is 1. The lowest BCUT2D eigenvalue weighted by atomic mass is 9.75. The maximum Gasteiger partial charge on any atom is 0.309 e. The summed E-state index contributed by atoms with van der Waals surface area (Å²) >= 11 is 0. The van der Waals surface area contributed by atoms with Gasteiger partial charge in [0.05, 0.1) is 18.7 Å². The lowest BCUT2D eigenvalue weighted by molar-refractivity contribution is -0.164. The highest BCUT2D eigenvalue weighted by atomic mass is 16.5. The third-order valence-corrected chi connectivity index (χ3v) is 6.84. The first kappa shape index (κ1) is 19.5. The van der Waals surface area contributed by atoms with Crippen molar-refractivity contribution in [3.63, 3.8) is 0 Å². The highest BCUT2D eigenvalue weighted by molar-refractivity contribution is 5.85. The van der Waals surface area contributed by atoms with E-state index in [0.717, 1.165) is 30.5 Å². The second kappa shape index (κ2) is 7.55. The van der Waals surface area contributed by atoms with Crippen molar-refractivity contribution in [3.05, 3.63) is 35.5 Å². The van der Waals surface area contributed by atoms with E-state index < -0.39 is 5.60 Å². The number of nitrogens with one attached hydrogen (secondary N) is 1. The number of aromatic nitrogens is 1. The van der Waals surface area contributed by atoms with E-state index in [0.29, 0.717) is 24.4 Å². The van der Waals surface area contributed by atoms with Crippen molar-refractivity contribution >= 4 is 16.9 Å². The minimum atomic E-state index is -0.655. The van der Waals surface area contributed by atoms with Crippen LogP contribution in [0.25, 0.3) is 10.9 Å². The molecule has 1 fully saturated rings. The van der Waals surface area contributed by atoms with Gasteiger partial charge in [-0.2, -0.15) is 0 Å². The van der Waals surface area contributed by atoms with E-state index in [1.807, 2.05) is 13.0 Å². The van der Waals surface area contributed by atoms with Crippen LogP contribution in [-0.4, -0.2) is 23.7 Å². The first-order chi connectivity index (χ1) is 13.4. The van der Waals surface area contributed by atoms with Crippen LogP contribution in [0, 0.1) is 17.8 Å². The predicted molar refractivity (Wildman–Crippen MR) is 111 cm³/mol. The summed E-state index contributed by atoms with van der Waals surface area (Å²) in [5.41, 5.74) is 2.77. The molecule has 4 heteroatoms. The van der Waals surface area contributed by atoms with Gasteiger partial charge in [-0.3, -0.25) is 4.79 Å².